The summed E-state index contributed by atoms with van der Waals surface area (Å²) in [5.74, 6) is 3.06. The van der Waals surface area contributed by atoms with Gasteiger partial charge in [-0.25, -0.2) is 0 Å². The highest BCUT2D eigenvalue weighted by Gasteiger charge is 2.48. The summed E-state index contributed by atoms with van der Waals surface area (Å²) >= 11 is 2.59. The van der Waals surface area contributed by atoms with Gasteiger partial charge in [0.25, 0.3) is 0 Å². The molecule has 0 heterocycles. The number of methoxy groups -OCH3 is 3. The van der Waals surface area contributed by atoms with Gasteiger partial charge in [0, 0.05) is 34.0 Å². The number of ether oxygens (including phenoxy) is 3. The monoisotopic (exact) mass is 374 g/mol. The van der Waals surface area contributed by atoms with Crippen LogP contribution in [0.5, 0.6) is 11.5 Å². The quantitative estimate of drug-likeness (QED) is 0.597. The van der Waals surface area contributed by atoms with Crippen molar-refractivity contribution in [3.05, 3.63) is 23.3 Å². The van der Waals surface area contributed by atoms with Crippen molar-refractivity contribution in [1.82, 2.24) is 0 Å². The van der Waals surface area contributed by atoms with Crippen molar-refractivity contribution in [1.29, 1.82) is 0 Å². The van der Waals surface area contributed by atoms with E-state index in [0.29, 0.717) is 15.8 Å². The first kappa shape index (κ1) is 13.5. The minimum atomic E-state index is 0.126. The third-order valence-corrected chi connectivity index (χ3v) is 6.34. The van der Waals surface area contributed by atoms with E-state index in [4.69, 9.17) is 14.2 Å². The molecule has 1 unspecified atom stereocenters. The Hall–Kier alpha value is -0.490. The molecule has 2 bridgehead atoms. The molecule has 0 amide bonds. The number of hydrogen-bond donors (Lipinski definition) is 0. The molecule has 4 heteroatoms. The van der Waals surface area contributed by atoms with Gasteiger partial charge in [0.05, 0.1) is 20.3 Å². The zero-order chi connectivity index (χ0) is 13.6. The molecular formula is C15H19IO3. The van der Waals surface area contributed by atoms with E-state index >= 15 is 0 Å². The molecule has 0 aromatic heterocycles. The molecule has 4 atom stereocenters. The first-order valence-electron chi connectivity index (χ1n) is 6.64. The summed E-state index contributed by atoms with van der Waals surface area (Å²) < 4.78 is 17.6. The van der Waals surface area contributed by atoms with Crippen LogP contribution in [0.2, 0.25) is 0 Å². The average molecular weight is 374 g/mol. The lowest BCUT2D eigenvalue weighted by atomic mass is 9.79. The van der Waals surface area contributed by atoms with Gasteiger partial charge in [-0.15, -0.1) is 0 Å². The Morgan fingerprint density at radius 3 is 2.21 bits per heavy atom. The lowest BCUT2D eigenvalue weighted by Gasteiger charge is -2.36. The highest BCUT2D eigenvalue weighted by molar-refractivity contribution is 14.1. The van der Waals surface area contributed by atoms with E-state index < -0.39 is 0 Å². The number of fused-ring (bicyclic) bond motifs is 4. The Morgan fingerprint density at radius 1 is 1.00 bits per heavy atom. The van der Waals surface area contributed by atoms with Crippen molar-refractivity contribution in [2.24, 2.45) is 5.92 Å². The van der Waals surface area contributed by atoms with Crippen molar-refractivity contribution < 1.29 is 14.2 Å². The fraction of sp³-hybridized carbons (Fsp3) is 0.600. The number of benzene rings is 1. The molecule has 1 saturated carbocycles. The molecule has 3 nitrogen and oxygen atoms in total. The second kappa shape index (κ2) is 5.13. The van der Waals surface area contributed by atoms with Crippen LogP contribution in [0.1, 0.15) is 36.0 Å². The van der Waals surface area contributed by atoms with Crippen molar-refractivity contribution in [2.45, 2.75) is 28.8 Å². The minimum Gasteiger partial charge on any atom is -0.496 e. The van der Waals surface area contributed by atoms with E-state index in [1.807, 2.05) is 12.1 Å². The highest BCUT2D eigenvalue weighted by atomic mass is 127. The van der Waals surface area contributed by atoms with Crippen LogP contribution in [0, 0.1) is 5.92 Å². The topological polar surface area (TPSA) is 27.7 Å². The molecule has 0 saturated heterocycles. The summed E-state index contributed by atoms with van der Waals surface area (Å²) in [6, 6.07) is 4.02. The smallest absolute Gasteiger partial charge is 0.125 e. The Bertz CT molecular complexity index is 466. The zero-order valence-corrected chi connectivity index (χ0v) is 13.6. The van der Waals surface area contributed by atoms with Crippen LogP contribution in [0.25, 0.3) is 0 Å². The van der Waals surface area contributed by atoms with Crippen LogP contribution in [0.3, 0.4) is 0 Å². The van der Waals surface area contributed by atoms with Gasteiger partial charge in [0.1, 0.15) is 11.5 Å². The lowest BCUT2D eigenvalue weighted by molar-refractivity contribution is 0.0495. The third-order valence-electron chi connectivity index (χ3n) is 4.55. The second-order valence-corrected chi connectivity index (χ2v) is 6.68. The predicted molar refractivity (Wildman–Crippen MR) is 82.6 cm³/mol. The molecule has 1 aromatic rings. The standard InChI is InChI=1S/C15H19IO3/c1-17-10-6-7-11(18-2)13-12(10)8-4-5-9(14(8)16)15(13)19-3/h6-9,14-15H,4-5H2,1-3H3/t8-,9-,14?,15+/m1/s1. The molecular weight excluding hydrogens is 355 g/mol. The van der Waals surface area contributed by atoms with E-state index in [1.54, 1.807) is 21.3 Å². The number of alkyl halides is 1. The molecule has 1 fully saturated rings. The Balaban J connectivity index is 2.24. The van der Waals surface area contributed by atoms with E-state index in [2.05, 4.69) is 22.6 Å². The van der Waals surface area contributed by atoms with Gasteiger partial charge in [0.15, 0.2) is 0 Å². The second-order valence-electron chi connectivity index (χ2n) is 5.25. The van der Waals surface area contributed by atoms with Crippen molar-refractivity contribution in [3.63, 3.8) is 0 Å². The molecule has 3 rings (SSSR count). The van der Waals surface area contributed by atoms with Gasteiger partial charge in [0.2, 0.25) is 0 Å². The van der Waals surface area contributed by atoms with Crippen molar-refractivity contribution >= 4 is 22.6 Å². The molecule has 0 spiro atoms. The molecule has 0 radical (unpaired) electrons. The SMILES string of the molecule is COc1ccc(OC)c2c1[C@H]1CC[C@H](C1I)[C@@H]2OC. The lowest BCUT2D eigenvalue weighted by Crippen LogP contribution is -2.29. The normalized spacial score (nSPS) is 32.0. The molecule has 0 N–H and O–H groups in total. The van der Waals surface area contributed by atoms with Crippen LogP contribution < -0.4 is 9.47 Å². The van der Waals surface area contributed by atoms with E-state index in [-0.39, 0.29) is 6.10 Å². The molecule has 2 aliphatic carbocycles. The fourth-order valence-corrected chi connectivity index (χ4v) is 5.20. The summed E-state index contributed by atoms with van der Waals surface area (Å²) in [7, 11) is 5.27. The minimum absolute atomic E-state index is 0.126. The van der Waals surface area contributed by atoms with Gasteiger partial charge >= 0.3 is 0 Å². The highest BCUT2D eigenvalue weighted by Crippen LogP contribution is 2.59. The van der Waals surface area contributed by atoms with E-state index in [1.165, 1.54) is 24.0 Å². The van der Waals surface area contributed by atoms with Gasteiger partial charge in [-0.2, -0.15) is 0 Å². The maximum Gasteiger partial charge on any atom is 0.125 e. The van der Waals surface area contributed by atoms with Gasteiger partial charge in [-0.1, -0.05) is 22.6 Å². The van der Waals surface area contributed by atoms with E-state index in [0.717, 1.165) is 11.5 Å². The average Bonchev–Trinajstić information content (AvgIpc) is 2.72. The van der Waals surface area contributed by atoms with Gasteiger partial charge in [-0.3, -0.25) is 0 Å². The zero-order valence-electron chi connectivity index (χ0n) is 11.5. The largest absolute Gasteiger partial charge is 0.496 e. The maximum atomic E-state index is 5.82. The molecule has 19 heavy (non-hydrogen) atoms. The Labute approximate surface area is 127 Å². The molecule has 1 aromatic carbocycles. The summed E-state index contributed by atoms with van der Waals surface area (Å²) in [6.07, 6.45) is 2.56. The summed E-state index contributed by atoms with van der Waals surface area (Å²) in [6.45, 7) is 0. The maximum absolute atomic E-state index is 5.82. The molecule has 104 valence electrons. The summed E-state index contributed by atoms with van der Waals surface area (Å²) in [4.78, 5) is 0. The third kappa shape index (κ3) is 1.87. The van der Waals surface area contributed by atoms with Gasteiger partial charge < -0.3 is 14.2 Å². The fourth-order valence-electron chi connectivity index (χ4n) is 3.75. The van der Waals surface area contributed by atoms with E-state index in [9.17, 15) is 0 Å². The molecule has 0 aliphatic heterocycles. The van der Waals surface area contributed by atoms with Crippen molar-refractivity contribution in [2.75, 3.05) is 21.3 Å². The first-order chi connectivity index (χ1) is 9.22. The van der Waals surface area contributed by atoms with Crippen LogP contribution in [-0.4, -0.2) is 25.3 Å². The first-order valence-corrected chi connectivity index (χ1v) is 7.89. The Morgan fingerprint density at radius 2 is 1.63 bits per heavy atom. The van der Waals surface area contributed by atoms with Crippen LogP contribution in [0.4, 0.5) is 0 Å². The Kier molecular flexibility index (Phi) is 3.64. The number of hydrogen-bond acceptors (Lipinski definition) is 3. The summed E-state index contributed by atoms with van der Waals surface area (Å²) in [5, 5.41) is 0. The number of halogens is 1. The number of rotatable bonds is 3. The predicted octanol–water partition coefficient (Wildman–Crippen LogP) is 3.70. The van der Waals surface area contributed by atoms with Crippen LogP contribution in [0.15, 0.2) is 12.1 Å². The van der Waals surface area contributed by atoms with Crippen LogP contribution in [-0.2, 0) is 4.74 Å². The van der Waals surface area contributed by atoms with Gasteiger partial charge in [-0.05, 0) is 25.0 Å². The summed E-state index contributed by atoms with van der Waals surface area (Å²) in [5.41, 5.74) is 2.52. The van der Waals surface area contributed by atoms with Crippen molar-refractivity contribution in [3.8, 4) is 11.5 Å². The van der Waals surface area contributed by atoms with Crippen LogP contribution >= 0.6 is 22.6 Å². The molecule has 2 aliphatic rings.